The molecule has 3 heterocycles. The molecule has 0 bridgehead atoms. The number of nitrogens with one attached hydrogen (secondary N) is 3. The van der Waals surface area contributed by atoms with Crippen molar-refractivity contribution in [2.45, 2.75) is 78.0 Å². The van der Waals surface area contributed by atoms with Gasteiger partial charge in [0, 0.05) is 19.6 Å². The topological polar surface area (TPSA) is 189 Å². The molecule has 170 valence electrons. The lowest BCUT2D eigenvalue weighted by Crippen LogP contribution is -2.25. The highest BCUT2D eigenvalue weighted by atomic mass is 16.3. The Morgan fingerprint density at radius 3 is 1.13 bits per heavy atom. The average molecular weight is 435 g/mol. The van der Waals surface area contributed by atoms with Gasteiger partial charge < -0.3 is 15.3 Å². The second-order valence-corrected chi connectivity index (χ2v) is 7.38. The smallest absolute Gasteiger partial charge is 0.115 e. The molecule has 31 heavy (non-hydrogen) atoms. The zero-order valence-corrected chi connectivity index (χ0v) is 17.9. The van der Waals surface area contributed by atoms with Gasteiger partial charge in [0.15, 0.2) is 0 Å². The van der Waals surface area contributed by atoms with Crippen LogP contribution in [-0.2, 0) is 19.6 Å². The van der Waals surface area contributed by atoms with E-state index < -0.39 is 18.3 Å². The summed E-state index contributed by atoms with van der Waals surface area (Å²) in [5.74, 6) is 0. The maximum atomic E-state index is 10.3. The lowest BCUT2D eigenvalue weighted by molar-refractivity contribution is 0.158. The SMILES string of the molecule is CCC(O)c1n[nH]nc1CN(Cc1n[nH]nc1C(O)CC)Cc1n[nH]nc1C(O)CC. The van der Waals surface area contributed by atoms with Crippen molar-refractivity contribution in [3.05, 3.63) is 34.2 Å². The summed E-state index contributed by atoms with van der Waals surface area (Å²) in [6.45, 7) is 6.57. The third-order valence-electron chi connectivity index (χ3n) is 5.18. The molecular weight excluding hydrogens is 404 g/mol. The van der Waals surface area contributed by atoms with Gasteiger partial charge in [-0.1, -0.05) is 20.8 Å². The van der Waals surface area contributed by atoms with E-state index >= 15 is 0 Å². The van der Waals surface area contributed by atoms with Crippen LogP contribution in [0.1, 0.15) is 92.5 Å². The van der Waals surface area contributed by atoms with Crippen LogP contribution < -0.4 is 0 Å². The molecule has 3 atom stereocenters. The number of nitrogens with zero attached hydrogens (tertiary/aromatic N) is 7. The predicted molar refractivity (Wildman–Crippen MR) is 108 cm³/mol. The van der Waals surface area contributed by atoms with Gasteiger partial charge in [-0.2, -0.15) is 46.2 Å². The van der Waals surface area contributed by atoms with E-state index in [-0.39, 0.29) is 0 Å². The lowest BCUT2D eigenvalue weighted by Gasteiger charge is -2.21. The highest BCUT2D eigenvalue weighted by Gasteiger charge is 2.24. The van der Waals surface area contributed by atoms with Crippen molar-refractivity contribution in [2.75, 3.05) is 0 Å². The van der Waals surface area contributed by atoms with Crippen LogP contribution >= 0.6 is 0 Å². The van der Waals surface area contributed by atoms with Crippen LogP contribution in [0.25, 0.3) is 0 Å². The Morgan fingerprint density at radius 1 is 0.581 bits per heavy atom. The van der Waals surface area contributed by atoms with E-state index in [1.54, 1.807) is 0 Å². The molecular formula is C18H30N10O3. The van der Waals surface area contributed by atoms with Crippen molar-refractivity contribution in [3.8, 4) is 0 Å². The van der Waals surface area contributed by atoms with Crippen LogP contribution in [-0.4, -0.2) is 66.5 Å². The van der Waals surface area contributed by atoms with Crippen molar-refractivity contribution in [1.82, 2.24) is 51.1 Å². The van der Waals surface area contributed by atoms with Gasteiger partial charge in [0.25, 0.3) is 0 Å². The molecule has 3 unspecified atom stereocenters. The number of aromatic amines is 3. The normalized spacial score (nSPS) is 14.8. The van der Waals surface area contributed by atoms with Gasteiger partial charge >= 0.3 is 0 Å². The van der Waals surface area contributed by atoms with Crippen LogP contribution in [0.15, 0.2) is 0 Å². The summed E-state index contributed by atoms with van der Waals surface area (Å²) in [6, 6.07) is 0. The van der Waals surface area contributed by atoms with E-state index in [9.17, 15) is 15.3 Å². The third-order valence-corrected chi connectivity index (χ3v) is 5.18. The summed E-state index contributed by atoms with van der Waals surface area (Å²) in [7, 11) is 0. The van der Waals surface area contributed by atoms with Gasteiger partial charge in [-0.15, -0.1) is 0 Å². The molecule has 3 rings (SSSR count). The number of aromatic nitrogens is 9. The minimum atomic E-state index is -0.732. The highest BCUT2D eigenvalue weighted by Crippen LogP contribution is 2.24. The van der Waals surface area contributed by atoms with Crippen molar-refractivity contribution >= 4 is 0 Å². The van der Waals surface area contributed by atoms with Gasteiger partial charge in [-0.05, 0) is 19.3 Å². The molecule has 0 amide bonds. The zero-order chi connectivity index (χ0) is 22.4. The number of hydrogen-bond acceptors (Lipinski definition) is 10. The molecule has 0 saturated heterocycles. The van der Waals surface area contributed by atoms with Crippen molar-refractivity contribution < 1.29 is 15.3 Å². The van der Waals surface area contributed by atoms with Gasteiger partial charge in [0.05, 0.1) is 18.3 Å². The molecule has 13 heteroatoms. The molecule has 0 spiro atoms. The first kappa shape index (κ1) is 22.9. The van der Waals surface area contributed by atoms with E-state index in [2.05, 4.69) is 46.2 Å². The van der Waals surface area contributed by atoms with Crippen molar-refractivity contribution in [3.63, 3.8) is 0 Å². The molecule has 3 aromatic heterocycles. The monoisotopic (exact) mass is 434 g/mol. The van der Waals surface area contributed by atoms with Gasteiger partial charge in [0.2, 0.25) is 0 Å². The Bertz CT molecular complexity index is 819. The number of aliphatic hydroxyl groups excluding tert-OH is 3. The molecule has 3 aromatic rings. The van der Waals surface area contributed by atoms with E-state index in [1.807, 2.05) is 25.7 Å². The first-order valence-electron chi connectivity index (χ1n) is 10.4. The molecule has 6 N–H and O–H groups in total. The Labute approximate surface area is 179 Å². The van der Waals surface area contributed by atoms with E-state index in [4.69, 9.17) is 0 Å². The van der Waals surface area contributed by atoms with E-state index in [1.165, 1.54) is 0 Å². The molecule has 0 fully saturated rings. The summed E-state index contributed by atoms with van der Waals surface area (Å²) < 4.78 is 0. The van der Waals surface area contributed by atoms with Crippen molar-refractivity contribution in [2.24, 2.45) is 0 Å². The molecule has 0 aromatic carbocycles. The lowest BCUT2D eigenvalue weighted by atomic mass is 10.1. The number of hydrogen-bond donors (Lipinski definition) is 6. The largest absolute Gasteiger partial charge is 0.387 e. The Hall–Kier alpha value is -2.74. The third kappa shape index (κ3) is 5.31. The summed E-state index contributed by atoms with van der Waals surface area (Å²) in [6.07, 6.45) is -0.678. The van der Waals surface area contributed by atoms with Gasteiger partial charge in [0.1, 0.15) is 34.2 Å². The Morgan fingerprint density at radius 2 is 0.871 bits per heavy atom. The second-order valence-electron chi connectivity index (χ2n) is 7.38. The van der Waals surface area contributed by atoms with E-state index in [0.29, 0.717) is 73.1 Å². The minimum Gasteiger partial charge on any atom is -0.387 e. The maximum Gasteiger partial charge on any atom is 0.115 e. The molecule has 0 aliphatic heterocycles. The number of aliphatic hydroxyl groups is 3. The highest BCUT2D eigenvalue weighted by molar-refractivity contribution is 5.16. The molecule has 0 aliphatic carbocycles. The minimum absolute atomic E-state index is 0.325. The van der Waals surface area contributed by atoms with E-state index in [0.717, 1.165) is 0 Å². The fourth-order valence-electron chi connectivity index (χ4n) is 3.32. The fourth-order valence-corrected chi connectivity index (χ4v) is 3.32. The molecule has 0 saturated carbocycles. The van der Waals surface area contributed by atoms with Gasteiger partial charge in [-0.25, -0.2) is 0 Å². The summed E-state index contributed by atoms with van der Waals surface area (Å²) in [5, 5.41) is 63.4. The Kier molecular flexibility index (Phi) is 7.79. The van der Waals surface area contributed by atoms with Crippen LogP contribution in [0.3, 0.4) is 0 Å². The maximum absolute atomic E-state index is 10.3. The number of H-pyrrole nitrogens is 3. The van der Waals surface area contributed by atoms with Crippen LogP contribution in [0.4, 0.5) is 0 Å². The predicted octanol–water partition coefficient (Wildman–Crippen LogP) is 0.573. The zero-order valence-electron chi connectivity index (χ0n) is 17.9. The first-order valence-corrected chi connectivity index (χ1v) is 10.4. The first-order chi connectivity index (χ1) is 15.0. The van der Waals surface area contributed by atoms with Crippen LogP contribution in [0, 0.1) is 0 Å². The fraction of sp³-hybridized carbons (Fsp3) is 0.667. The summed E-state index contributed by atoms with van der Waals surface area (Å²) >= 11 is 0. The molecule has 13 nitrogen and oxygen atoms in total. The van der Waals surface area contributed by atoms with Crippen molar-refractivity contribution in [1.29, 1.82) is 0 Å². The quantitative estimate of drug-likeness (QED) is 0.235. The number of rotatable bonds is 12. The standard InChI is InChI=1S/C18H30N10O3/c1-4-13(29)16-10(19-25-22-16)7-28(8-11-17(14(30)5-2)23-26-20-11)9-12-18(15(31)6-3)24-27-21-12/h13-15,29-31H,4-9H2,1-3H3,(H,19,22,25)(H,20,23,26)(H,21,24,27). The molecule has 0 radical (unpaired) electrons. The summed E-state index contributed by atoms with van der Waals surface area (Å²) in [4.78, 5) is 1.97. The van der Waals surface area contributed by atoms with Gasteiger partial charge in [-0.3, -0.25) is 4.90 Å². The van der Waals surface area contributed by atoms with Crippen LogP contribution in [0.5, 0.6) is 0 Å². The average Bonchev–Trinajstić information content (AvgIpc) is 3.53. The second kappa shape index (κ2) is 10.5. The Balaban J connectivity index is 1.89. The summed E-state index contributed by atoms with van der Waals surface area (Å²) in [5.41, 5.74) is 3.23. The molecule has 0 aliphatic rings. The van der Waals surface area contributed by atoms with Crippen LogP contribution in [0.2, 0.25) is 0 Å².